The molecule has 0 fully saturated rings. The van der Waals surface area contributed by atoms with E-state index in [0.717, 1.165) is 0 Å². The van der Waals surface area contributed by atoms with Crippen LogP contribution in [0.15, 0.2) is 24.5 Å². The summed E-state index contributed by atoms with van der Waals surface area (Å²) in [6.07, 6.45) is 17.4. The Hall–Kier alpha value is -0.940. The van der Waals surface area contributed by atoms with E-state index in [9.17, 15) is 8.42 Å². The van der Waals surface area contributed by atoms with Crippen LogP contribution in [0.3, 0.4) is 0 Å². The van der Waals surface area contributed by atoms with Crippen LogP contribution >= 0.6 is 0 Å². The van der Waals surface area contributed by atoms with Crippen LogP contribution in [-0.4, -0.2) is 19.2 Å². The first-order valence-electron chi connectivity index (χ1n) is 8.77. The summed E-state index contributed by atoms with van der Waals surface area (Å²) in [7, 11) is -3.67. The van der Waals surface area contributed by atoms with Crippen molar-refractivity contribution < 1.29 is 17.5 Å². The van der Waals surface area contributed by atoms with Gasteiger partial charge in [0.1, 0.15) is 6.54 Å². The topological polar surface area (TPSA) is 58.2 Å². The van der Waals surface area contributed by atoms with Crippen LogP contribution in [0.5, 0.6) is 0 Å². The molecule has 1 N–H and O–H groups in total. The zero-order chi connectivity index (χ0) is 17.6. The maximum Gasteiger partial charge on any atom is 0.261 e. The monoisotopic (exact) mass is 344 g/mol. The highest BCUT2D eigenvalue weighted by Gasteiger charge is 2.02. The first-order chi connectivity index (χ1) is 10.9. The van der Waals surface area contributed by atoms with E-state index in [-0.39, 0.29) is 0 Å². The summed E-state index contributed by atoms with van der Waals surface area (Å²) in [4.78, 5) is 0. The van der Waals surface area contributed by atoms with E-state index in [4.69, 9.17) is 4.55 Å². The van der Waals surface area contributed by atoms with E-state index in [1.807, 2.05) is 0 Å². The van der Waals surface area contributed by atoms with Gasteiger partial charge in [-0.15, -0.1) is 0 Å². The van der Waals surface area contributed by atoms with Gasteiger partial charge in [0.2, 0.25) is 0 Å². The first-order valence-corrected chi connectivity index (χ1v) is 10.6. The standard InChI is InChI=1S/C17H30N.CH4O3S/c1-3-5-7-8-9-10-14-18-15-11-13-17(16-18)12-6-4-2;1-5(2,3)4/h11,13,15-16H,3-10,12,14H2,1-2H3;1H3,(H,2,3,4)/q+1;. The van der Waals surface area contributed by atoms with Gasteiger partial charge in [-0.25, -0.2) is 4.57 Å². The van der Waals surface area contributed by atoms with Gasteiger partial charge in [0.25, 0.3) is 10.1 Å². The van der Waals surface area contributed by atoms with Crippen molar-refractivity contribution in [3.8, 4) is 0 Å². The Balaban J connectivity index is 0.000000841. The van der Waals surface area contributed by atoms with Crippen LogP contribution in [0.2, 0.25) is 0 Å². The third-order valence-electron chi connectivity index (χ3n) is 3.51. The van der Waals surface area contributed by atoms with Crippen molar-refractivity contribution in [2.75, 3.05) is 6.26 Å². The van der Waals surface area contributed by atoms with Crippen molar-refractivity contribution in [1.29, 1.82) is 0 Å². The molecule has 1 aromatic heterocycles. The van der Waals surface area contributed by atoms with E-state index in [1.165, 1.54) is 69.9 Å². The third-order valence-corrected chi connectivity index (χ3v) is 3.51. The second-order valence-electron chi connectivity index (χ2n) is 6.05. The Morgan fingerprint density at radius 2 is 1.57 bits per heavy atom. The molecule has 23 heavy (non-hydrogen) atoms. The van der Waals surface area contributed by atoms with E-state index in [1.54, 1.807) is 0 Å². The lowest BCUT2D eigenvalue weighted by Gasteiger charge is -2.01. The minimum atomic E-state index is -3.67. The molecule has 5 heteroatoms. The third kappa shape index (κ3) is 17.2. The molecular formula is C18H34NO3S+. The molecule has 0 radical (unpaired) electrons. The van der Waals surface area contributed by atoms with Crippen LogP contribution in [0.1, 0.15) is 70.8 Å². The predicted octanol–water partition coefficient (Wildman–Crippen LogP) is 4.18. The number of aromatic nitrogens is 1. The number of rotatable bonds is 10. The molecule has 0 aliphatic carbocycles. The lowest BCUT2D eigenvalue weighted by atomic mass is 10.1. The van der Waals surface area contributed by atoms with Crippen molar-refractivity contribution in [2.24, 2.45) is 0 Å². The van der Waals surface area contributed by atoms with Crippen molar-refractivity contribution in [2.45, 2.75) is 78.2 Å². The lowest BCUT2D eigenvalue weighted by Crippen LogP contribution is -2.33. The minimum Gasteiger partial charge on any atom is -0.286 e. The minimum absolute atomic E-state index is 0.715. The number of hydrogen-bond donors (Lipinski definition) is 1. The Labute approximate surface area is 142 Å². The molecule has 0 saturated heterocycles. The molecule has 1 aromatic rings. The molecule has 0 aliphatic heterocycles. The lowest BCUT2D eigenvalue weighted by molar-refractivity contribution is -0.697. The predicted molar refractivity (Wildman–Crippen MR) is 96.1 cm³/mol. The molecule has 4 nitrogen and oxygen atoms in total. The number of pyridine rings is 1. The SMILES string of the molecule is CCCCCCCC[n+]1cccc(CCCC)c1.CS(=O)(=O)O. The van der Waals surface area contributed by atoms with E-state index in [0.29, 0.717) is 6.26 Å². The highest BCUT2D eigenvalue weighted by Crippen LogP contribution is 2.05. The highest BCUT2D eigenvalue weighted by molar-refractivity contribution is 7.85. The molecule has 0 aromatic carbocycles. The van der Waals surface area contributed by atoms with Crippen molar-refractivity contribution >= 4 is 10.1 Å². The van der Waals surface area contributed by atoms with E-state index in [2.05, 4.69) is 42.9 Å². The molecule has 0 spiro atoms. The smallest absolute Gasteiger partial charge is 0.261 e. The molecule has 0 aliphatic rings. The Kier molecular flexibility index (Phi) is 12.9. The second kappa shape index (κ2) is 13.5. The summed E-state index contributed by atoms with van der Waals surface area (Å²) in [6, 6.07) is 4.45. The number of nitrogens with zero attached hydrogens (tertiary/aromatic N) is 1. The maximum absolute atomic E-state index is 9.19. The quantitative estimate of drug-likeness (QED) is 0.393. The van der Waals surface area contributed by atoms with Gasteiger partial charge >= 0.3 is 0 Å². The van der Waals surface area contributed by atoms with Crippen LogP contribution < -0.4 is 4.57 Å². The Morgan fingerprint density at radius 3 is 2.17 bits per heavy atom. The molecule has 0 atom stereocenters. The van der Waals surface area contributed by atoms with Crippen LogP contribution in [0, 0.1) is 0 Å². The maximum atomic E-state index is 9.19. The number of hydrogen-bond acceptors (Lipinski definition) is 2. The van der Waals surface area contributed by atoms with Crippen LogP contribution in [-0.2, 0) is 23.1 Å². The zero-order valence-electron chi connectivity index (χ0n) is 15.0. The first kappa shape index (κ1) is 22.1. The molecule has 0 unspecified atom stereocenters. The molecule has 134 valence electrons. The van der Waals surface area contributed by atoms with Crippen LogP contribution in [0.4, 0.5) is 0 Å². The fraction of sp³-hybridized carbons (Fsp3) is 0.722. The molecule has 1 rings (SSSR count). The van der Waals surface area contributed by atoms with Gasteiger partial charge in [-0.2, -0.15) is 8.42 Å². The number of aryl methyl sites for hydroxylation is 2. The zero-order valence-corrected chi connectivity index (χ0v) is 15.8. The summed E-state index contributed by atoms with van der Waals surface area (Å²) in [5.74, 6) is 0. The summed E-state index contributed by atoms with van der Waals surface area (Å²) in [6.45, 7) is 5.72. The van der Waals surface area contributed by atoms with Gasteiger partial charge in [-0.05, 0) is 25.3 Å². The normalized spacial score (nSPS) is 11.0. The van der Waals surface area contributed by atoms with Crippen molar-refractivity contribution in [1.82, 2.24) is 0 Å². The largest absolute Gasteiger partial charge is 0.286 e. The summed E-state index contributed by atoms with van der Waals surface area (Å²) >= 11 is 0. The average molecular weight is 345 g/mol. The van der Waals surface area contributed by atoms with E-state index >= 15 is 0 Å². The molecule has 0 bridgehead atoms. The molecule has 0 amide bonds. The molecule has 1 heterocycles. The summed E-state index contributed by atoms with van der Waals surface area (Å²) in [5.41, 5.74) is 1.49. The number of unbranched alkanes of at least 4 members (excludes halogenated alkanes) is 6. The van der Waals surface area contributed by atoms with Gasteiger partial charge in [0.15, 0.2) is 12.4 Å². The average Bonchev–Trinajstić information content (AvgIpc) is 2.47. The van der Waals surface area contributed by atoms with Crippen LogP contribution in [0.25, 0.3) is 0 Å². The summed E-state index contributed by atoms with van der Waals surface area (Å²) in [5, 5.41) is 0. The van der Waals surface area contributed by atoms with Gasteiger partial charge in [-0.3, -0.25) is 4.55 Å². The Morgan fingerprint density at radius 1 is 1.00 bits per heavy atom. The highest BCUT2D eigenvalue weighted by atomic mass is 32.2. The summed E-state index contributed by atoms with van der Waals surface area (Å²) < 4.78 is 28.2. The van der Waals surface area contributed by atoms with Crippen molar-refractivity contribution in [3.05, 3.63) is 30.1 Å². The van der Waals surface area contributed by atoms with Gasteiger partial charge < -0.3 is 0 Å². The fourth-order valence-corrected chi connectivity index (χ4v) is 2.32. The van der Waals surface area contributed by atoms with Gasteiger partial charge in [0.05, 0.1) is 6.26 Å². The Bertz CT molecular complexity index is 493. The van der Waals surface area contributed by atoms with Gasteiger partial charge in [-0.1, -0.05) is 46.0 Å². The van der Waals surface area contributed by atoms with E-state index < -0.39 is 10.1 Å². The molecular weight excluding hydrogens is 310 g/mol. The van der Waals surface area contributed by atoms with Gasteiger partial charge in [0, 0.05) is 18.1 Å². The van der Waals surface area contributed by atoms with Crippen molar-refractivity contribution in [3.63, 3.8) is 0 Å². The fourth-order valence-electron chi connectivity index (χ4n) is 2.32. The second-order valence-corrected chi connectivity index (χ2v) is 7.52. The molecule has 0 saturated carbocycles.